The van der Waals surface area contributed by atoms with Crippen LogP contribution in [0, 0.1) is 17.0 Å². The first-order valence-corrected chi connectivity index (χ1v) is 9.25. The van der Waals surface area contributed by atoms with E-state index in [0.29, 0.717) is 23.3 Å². The molecule has 1 atom stereocenters. The molecule has 2 N–H and O–H groups in total. The van der Waals surface area contributed by atoms with Crippen molar-refractivity contribution in [2.75, 3.05) is 6.54 Å². The standard InChI is InChI=1S/C19H26F2N2S/c1-18(2)11-19(18,15-9-8-13(20)10-16(15)21)12-22-17(24)23-14-6-4-3-5-7-14/h8-10,14H,3-7,11-12H2,1-2H3,(H2,22,23,24). The zero-order chi connectivity index (χ0) is 17.4. The van der Waals surface area contributed by atoms with Gasteiger partial charge >= 0.3 is 0 Å². The second-order valence-corrected chi connectivity index (χ2v) is 8.34. The maximum absolute atomic E-state index is 14.3. The maximum atomic E-state index is 14.3. The van der Waals surface area contributed by atoms with Gasteiger partial charge in [0.25, 0.3) is 0 Å². The highest BCUT2D eigenvalue weighted by Crippen LogP contribution is 2.64. The summed E-state index contributed by atoms with van der Waals surface area (Å²) in [5.41, 5.74) is 0.226. The second-order valence-electron chi connectivity index (χ2n) is 7.93. The number of rotatable bonds is 4. The van der Waals surface area contributed by atoms with Crippen LogP contribution in [-0.4, -0.2) is 17.7 Å². The lowest BCUT2D eigenvalue weighted by atomic mass is 9.87. The van der Waals surface area contributed by atoms with E-state index in [1.807, 2.05) is 0 Å². The van der Waals surface area contributed by atoms with Crippen molar-refractivity contribution in [1.82, 2.24) is 10.6 Å². The summed E-state index contributed by atoms with van der Waals surface area (Å²) in [6, 6.07) is 4.35. The van der Waals surface area contributed by atoms with Gasteiger partial charge in [0.05, 0.1) is 0 Å². The highest BCUT2D eigenvalue weighted by atomic mass is 32.1. The average Bonchev–Trinajstić information content (AvgIpc) is 3.08. The Bertz CT molecular complexity index is 626. The Kier molecular flexibility index (Phi) is 4.82. The summed E-state index contributed by atoms with van der Waals surface area (Å²) in [6.45, 7) is 4.81. The fraction of sp³-hybridized carbons (Fsp3) is 0.632. The van der Waals surface area contributed by atoms with Crippen LogP contribution in [0.1, 0.15) is 57.9 Å². The Morgan fingerprint density at radius 3 is 2.46 bits per heavy atom. The van der Waals surface area contributed by atoms with Crippen molar-refractivity contribution in [3.8, 4) is 0 Å². The van der Waals surface area contributed by atoms with Crippen molar-refractivity contribution in [2.24, 2.45) is 5.41 Å². The normalized spacial score (nSPS) is 26.0. The molecule has 0 aliphatic heterocycles. The van der Waals surface area contributed by atoms with E-state index in [9.17, 15) is 8.78 Å². The molecule has 2 nitrogen and oxygen atoms in total. The fourth-order valence-corrected chi connectivity index (χ4v) is 4.40. The van der Waals surface area contributed by atoms with Crippen molar-refractivity contribution in [2.45, 2.75) is 63.8 Å². The van der Waals surface area contributed by atoms with Crippen molar-refractivity contribution >= 4 is 17.3 Å². The average molecular weight is 352 g/mol. The first-order chi connectivity index (χ1) is 11.3. The molecule has 2 saturated carbocycles. The van der Waals surface area contributed by atoms with Crippen molar-refractivity contribution in [1.29, 1.82) is 0 Å². The summed E-state index contributed by atoms with van der Waals surface area (Å²) in [5, 5.41) is 7.32. The van der Waals surface area contributed by atoms with Crippen LogP contribution in [0.15, 0.2) is 18.2 Å². The van der Waals surface area contributed by atoms with Crippen molar-refractivity contribution < 1.29 is 8.78 Å². The van der Waals surface area contributed by atoms with E-state index >= 15 is 0 Å². The van der Waals surface area contributed by atoms with E-state index in [4.69, 9.17) is 12.2 Å². The van der Waals surface area contributed by atoms with Crippen LogP contribution in [0.25, 0.3) is 0 Å². The van der Waals surface area contributed by atoms with Gasteiger partial charge in [-0.1, -0.05) is 39.2 Å². The van der Waals surface area contributed by atoms with Gasteiger partial charge in [0.15, 0.2) is 5.11 Å². The molecule has 1 aromatic rings. The van der Waals surface area contributed by atoms with Gasteiger partial charge in [-0.15, -0.1) is 0 Å². The van der Waals surface area contributed by atoms with Gasteiger partial charge in [0.1, 0.15) is 11.6 Å². The summed E-state index contributed by atoms with van der Waals surface area (Å²) in [4.78, 5) is 0. The van der Waals surface area contributed by atoms with Crippen molar-refractivity contribution in [3.63, 3.8) is 0 Å². The van der Waals surface area contributed by atoms with E-state index in [2.05, 4.69) is 24.5 Å². The quantitative estimate of drug-likeness (QED) is 0.784. The van der Waals surface area contributed by atoms with Gasteiger partial charge in [0.2, 0.25) is 0 Å². The number of thiocarbonyl (C=S) groups is 1. The Balaban J connectivity index is 1.65. The van der Waals surface area contributed by atoms with E-state index in [1.54, 1.807) is 6.07 Å². The van der Waals surface area contributed by atoms with Crippen LogP contribution in [0.3, 0.4) is 0 Å². The van der Waals surface area contributed by atoms with E-state index in [1.165, 1.54) is 25.3 Å². The first kappa shape index (κ1) is 17.6. The van der Waals surface area contributed by atoms with E-state index < -0.39 is 11.6 Å². The molecular formula is C19H26F2N2S. The smallest absolute Gasteiger partial charge is 0.166 e. The molecule has 2 fully saturated rings. The molecule has 132 valence electrons. The lowest BCUT2D eigenvalue weighted by Gasteiger charge is -2.27. The van der Waals surface area contributed by atoms with Crippen LogP contribution >= 0.6 is 12.2 Å². The molecule has 0 amide bonds. The lowest BCUT2D eigenvalue weighted by molar-refractivity contribution is 0.409. The highest BCUT2D eigenvalue weighted by Gasteiger charge is 2.62. The molecule has 0 radical (unpaired) electrons. The fourth-order valence-electron chi connectivity index (χ4n) is 4.16. The van der Waals surface area contributed by atoms with E-state index in [-0.39, 0.29) is 10.8 Å². The van der Waals surface area contributed by atoms with Crippen LogP contribution in [0.4, 0.5) is 8.78 Å². The zero-order valence-corrected chi connectivity index (χ0v) is 15.2. The number of nitrogens with one attached hydrogen (secondary N) is 2. The topological polar surface area (TPSA) is 24.1 Å². The van der Waals surface area contributed by atoms with Gasteiger partial charge in [-0.3, -0.25) is 0 Å². The minimum Gasteiger partial charge on any atom is -0.362 e. The molecule has 1 unspecified atom stereocenters. The third-order valence-electron chi connectivity index (χ3n) is 5.85. The minimum atomic E-state index is -0.535. The van der Waals surface area contributed by atoms with Crippen LogP contribution in [0.5, 0.6) is 0 Å². The third-order valence-corrected chi connectivity index (χ3v) is 6.11. The van der Waals surface area contributed by atoms with Gasteiger partial charge in [-0.2, -0.15) is 0 Å². The predicted molar refractivity (Wildman–Crippen MR) is 97.0 cm³/mol. The monoisotopic (exact) mass is 352 g/mol. The minimum absolute atomic E-state index is 0.0286. The lowest BCUT2D eigenvalue weighted by Crippen LogP contribution is -2.45. The van der Waals surface area contributed by atoms with Crippen LogP contribution in [-0.2, 0) is 5.41 Å². The summed E-state index contributed by atoms with van der Waals surface area (Å²) in [5.74, 6) is -0.999. The van der Waals surface area contributed by atoms with Crippen LogP contribution < -0.4 is 10.6 Å². The van der Waals surface area contributed by atoms with Crippen molar-refractivity contribution in [3.05, 3.63) is 35.4 Å². The largest absolute Gasteiger partial charge is 0.362 e. The van der Waals surface area contributed by atoms with Crippen LogP contribution in [0.2, 0.25) is 0 Å². The molecule has 3 rings (SSSR count). The predicted octanol–water partition coefficient (Wildman–Crippen LogP) is 4.43. The molecule has 1 aromatic carbocycles. The molecule has 0 bridgehead atoms. The molecule has 0 aromatic heterocycles. The number of halogens is 2. The van der Waals surface area contributed by atoms with Gasteiger partial charge in [-0.25, -0.2) is 8.78 Å². The Hall–Kier alpha value is -1.23. The molecule has 0 saturated heterocycles. The van der Waals surface area contributed by atoms with Gasteiger partial charge in [-0.05, 0) is 48.5 Å². The number of hydrogen-bond acceptors (Lipinski definition) is 1. The summed E-state index contributed by atoms with van der Waals surface area (Å²) in [7, 11) is 0. The highest BCUT2D eigenvalue weighted by molar-refractivity contribution is 7.80. The molecule has 5 heteroatoms. The maximum Gasteiger partial charge on any atom is 0.166 e. The Morgan fingerprint density at radius 1 is 1.21 bits per heavy atom. The number of benzene rings is 1. The molecule has 0 heterocycles. The Morgan fingerprint density at radius 2 is 1.88 bits per heavy atom. The van der Waals surface area contributed by atoms with E-state index in [0.717, 1.165) is 25.3 Å². The Labute approximate surface area is 148 Å². The molecular weight excluding hydrogens is 326 g/mol. The summed E-state index contributed by atoms with van der Waals surface area (Å²) >= 11 is 5.43. The molecule has 2 aliphatic carbocycles. The first-order valence-electron chi connectivity index (χ1n) is 8.84. The summed E-state index contributed by atoms with van der Waals surface area (Å²) < 4.78 is 27.5. The molecule has 0 spiro atoms. The number of hydrogen-bond donors (Lipinski definition) is 2. The van der Waals surface area contributed by atoms with Gasteiger partial charge < -0.3 is 10.6 Å². The summed E-state index contributed by atoms with van der Waals surface area (Å²) in [6.07, 6.45) is 6.98. The third kappa shape index (κ3) is 3.41. The molecule has 2 aliphatic rings. The zero-order valence-electron chi connectivity index (χ0n) is 14.4. The SMILES string of the molecule is CC1(C)CC1(CNC(=S)NC1CCCCC1)c1ccc(F)cc1F. The van der Waals surface area contributed by atoms with Gasteiger partial charge in [0, 0.05) is 24.1 Å². The molecule has 24 heavy (non-hydrogen) atoms. The second kappa shape index (κ2) is 6.58.